The van der Waals surface area contributed by atoms with E-state index in [4.69, 9.17) is 9.15 Å². The molecule has 0 unspecified atom stereocenters. The Morgan fingerprint density at radius 2 is 2.13 bits per heavy atom. The Hall–Kier alpha value is -1.55. The molecule has 4 heteroatoms. The highest BCUT2D eigenvalue weighted by Gasteiger charge is 2.03. The number of furan rings is 1. The third-order valence-electron chi connectivity index (χ3n) is 1.73. The van der Waals surface area contributed by atoms with Gasteiger partial charge < -0.3 is 9.15 Å². The molecule has 2 aromatic rings. The molecule has 0 amide bonds. The smallest absolute Gasteiger partial charge is 0.290 e. The lowest BCUT2D eigenvalue weighted by atomic mass is 10.3. The molecule has 0 aliphatic carbocycles. The normalized spacial score (nSPS) is 9.93. The molecule has 0 aliphatic heterocycles. The number of ether oxygens (including phenoxy) is 1. The van der Waals surface area contributed by atoms with Crippen LogP contribution in [-0.2, 0) is 0 Å². The van der Waals surface area contributed by atoms with Gasteiger partial charge in [-0.15, -0.1) is 0 Å². The van der Waals surface area contributed by atoms with Crippen molar-refractivity contribution in [1.82, 2.24) is 0 Å². The SMILES string of the molecule is O=Cc1ccc(Oc2cccc(Br)c2)o1. The van der Waals surface area contributed by atoms with Crippen LogP contribution in [0.25, 0.3) is 0 Å². The molecule has 15 heavy (non-hydrogen) atoms. The number of hydrogen-bond acceptors (Lipinski definition) is 3. The van der Waals surface area contributed by atoms with E-state index in [0.29, 0.717) is 18.0 Å². The minimum atomic E-state index is 0.250. The van der Waals surface area contributed by atoms with Crippen molar-refractivity contribution in [3.05, 3.63) is 46.6 Å². The number of hydrogen-bond donors (Lipinski definition) is 0. The van der Waals surface area contributed by atoms with Crippen LogP contribution in [0.1, 0.15) is 10.6 Å². The van der Waals surface area contributed by atoms with Gasteiger partial charge in [-0.3, -0.25) is 4.79 Å². The van der Waals surface area contributed by atoms with Crippen molar-refractivity contribution in [2.75, 3.05) is 0 Å². The van der Waals surface area contributed by atoms with Crippen LogP contribution in [0.2, 0.25) is 0 Å². The summed E-state index contributed by atoms with van der Waals surface area (Å²) in [5.74, 6) is 1.20. The highest BCUT2D eigenvalue weighted by atomic mass is 79.9. The van der Waals surface area contributed by atoms with Crippen LogP contribution >= 0.6 is 15.9 Å². The predicted molar refractivity (Wildman–Crippen MR) is 58.3 cm³/mol. The maximum atomic E-state index is 10.4. The van der Waals surface area contributed by atoms with Gasteiger partial charge in [0, 0.05) is 10.5 Å². The van der Waals surface area contributed by atoms with E-state index in [0.717, 1.165) is 4.47 Å². The van der Waals surface area contributed by atoms with E-state index >= 15 is 0 Å². The molecule has 0 N–H and O–H groups in total. The summed E-state index contributed by atoms with van der Waals surface area (Å²) in [4.78, 5) is 10.4. The molecular formula is C11H7BrO3. The van der Waals surface area contributed by atoms with Crippen LogP contribution in [0.4, 0.5) is 0 Å². The van der Waals surface area contributed by atoms with E-state index < -0.39 is 0 Å². The largest absolute Gasteiger partial charge is 0.426 e. The van der Waals surface area contributed by atoms with E-state index in [9.17, 15) is 4.79 Å². The van der Waals surface area contributed by atoms with Crippen molar-refractivity contribution in [3.8, 4) is 11.7 Å². The molecule has 0 fully saturated rings. The summed E-state index contributed by atoms with van der Waals surface area (Å²) >= 11 is 3.33. The van der Waals surface area contributed by atoms with Crippen molar-refractivity contribution >= 4 is 22.2 Å². The average Bonchev–Trinajstić information content (AvgIpc) is 2.65. The molecule has 76 valence electrons. The molecule has 0 bridgehead atoms. The Balaban J connectivity index is 2.18. The first-order valence-electron chi connectivity index (χ1n) is 4.26. The molecule has 0 aliphatic rings. The van der Waals surface area contributed by atoms with Gasteiger partial charge in [0.25, 0.3) is 5.95 Å². The number of carbonyl (C=O) groups is 1. The monoisotopic (exact) mass is 266 g/mol. The highest BCUT2D eigenvalue weighted by Crippen LogP contribution is 2.25. The number of halogens is 1. The molecule has 1 heterocycles. The van der Waals surface area contributed by atoms with Gasteiger partial charge in [-0.25, -0.2) is 0 Å². The van der Waals surface area contributed by atoms with Gasteiger partial charge in [0.2, 0.25) is 0 Å². The molecule has 2 rings (SSSR count). The highest BCUT2D eigenvalue weighted by molar-refractivity contribution is 9.10. The Bertz CT molecular complexity index is 476. The van der Waals surface area contributed by atoms with Crippen LogP contribution in [0, 0.1) is 0 Å². The Morgan fingerprint density at radius 3 is 2.80 bits per heavy atom. The summed E-state index contributed by atoms with van der Waals surface area (Å²) < 4.78 is 11.4. The molecule has 0 radical (unpaired) electrons. The fourth-order valence-electron chi connectivity index (χ4n) is 1.10. The fourth-order valence-corrected chi connectivity index (χ4v) is 1.48. The second-order valence-corrected chi connectivity index (χ2v) is 3.75. The fraction of sp³-hybridized carbons (Fsp3) is 0. The molecule has 0 spiro atoms. The Morgan fingerprint density at radius 1 is 1.27 bits per heavy atom. The Kier molecular flexibility index (Phi) is 2.87. The zero-order valence-electron chi connectivity index (χ0n) is 7.64. The molecule has 0 atom stereocenters. The van der Waals surface area contributed by atoms with Crippen LogP contribution in [-0.4, -0.2) is 6.29 Å². The topological polar surface area (TPSA) is 39.4 Å². The van der Waals surface area contributed by atoms with Crippen molar-refractivity contribution in [3.63, 3.8) is 0 Å². The Labute approximate surface area is 94.8 Å². The summed E-state index contributed by atoms with van der Waals surface area (Å²) in [5.41, 5.74) is 0. The minimum absolute atomic E-state index is 0.250. The van der Waals surface area contributed by atoms with Gasteiger partial charge in [0.1, 0.15) is 5.75 Å². The van der Waals surface area contributed by atoms with Gasteiger partial charge >= 0.3 is 0 Å². The lowest BCUT2D eigenvalue weighted by Gasteiger charge is -2.01. The summed E-state index contributed by atoms with van der Waals surface area (Å²) in [5, 5.41) is 0. The van der Waals surface area contributed by atoms with Crippen molar-refractivity contribution < 1.29 is 13.9 Å². The van der Waals surface area contributed by atoms with E-state index in [-0.39, 0.29) is 5.76 Å². The number of rotatable bonds is 3. The first-order valence-corrected chi connectivity index (χ1v) is 5.05. The minimum Gasteiger partial charge on any atom is -0.426 e. The van der Waals surface area contributed by atoms with Gasteiger partial charge in [0.05, 0.1) is 0 Å². The number of benzene rings is 1. The standard InChI is InChI=1S/C11H7BrO3/c12-8-2-1-3-9(6-8)14-11-5-4-10(7-13)15-11/h1-7H. The molecule has 0 saturated carbocycles. The first-order chi connectivity index (χ1) is 7.28. The van der Waals surface area contributed by atoms with Crippen molar-refractivity contribution in [2.45, 2.75) is 0 Å². The second-order valence-electron chi connectivity index (χ2n) is 2.83. The van der Waals surface area contributed by atoms with E-state index in [2.05, 4.69) is 15.9 Å². The summed E-state index contributed by atoms with van der Waals surface area (Å²) in [6.07, 6.45) is 0.633. The summed E-state index contributed by atoms with van der Waals surface area (Å²) in [6.45, 7) is 0. The molecule has 3 nitrogen and oxygen atoms in total. The van der Waals surface area contributed by atoms with E-state index in [1.54, 1.807) is 18.2 Å². The van der Waals surface area contributed by atoms with Crippen molar-refractivity contribution in [1.29, 1.82) is 0 Å². The van der Waals surface area contributed by atoms with Gasteiger partial charge in [-0.2, -0.15) is 0 Å². The summed E-state index contributed by atoms with van der Waals surface area (Å²) in [7, 11) is 0. The lowest BCUT2D eigenvalue weighted by molar-refractivity contribution is 0.109. The number of carbonyl (C=O) groups excluding carboxylic acids is 1. The molecule has 0 saturated heterocycles. The van der Waals surface area contributed by atoms with E-state index in [1.165, 1.54) is 0 Å². The van der Waals surface area contributed by atoms with Gasteiger partial charge in [-0.05, 0) is 24.3 Å². The average molecular weight is 267 g/mol. The van der Waals surface area contributed by atoms with Gasteiger partial charge in [-0.1, -0.05) is 22.0 Å². The quantitative estimate of drug-likeness (QED) is 0.797. The molecular weight excluding hydrogens is 260 g/mol. The maximum Gasteiger partial charge on any atom is 0.290 e. The zero-order valence-corrected chi connectivity index (χ0v) is 9.23. The third kappa shape index (κ3) is 2.47. The van der Waals surface area contributed by atoms with E-state index in [1.807, 2.05) is 18.2 Å². The molecule has 1 aromatic carbocycles. The van der Waals surface area contributed by atoms with Crippen LogP contribution in [0.5, 0.6) is 11.7 Å². The van der Waals surface area contributed by atoms with Gasteiger partial charge in [0.15, 0.2) is 12.0 Å². The van der Waals surface area contributed by atoms with Crippen LogP contribution in [0.3, 0.4) is 0 Å². The summed E-state index contributed by atoms with van der Waals surface area (Å²) in [6, 6.07) is 10.5. The van der Waals surface area contributed by atoms with Crippen LogP contribution in [0.15, 0.2) is 45.3 Å². The first kappa shape index (κ1) is 9.98. The zero-order chi connectivity index (χ0) is 10.7. The molecule has 1 aromatic heterocycles. The van der Waals surface area contributed by atoms with Crippen LogP contribution < -0.4 is 4.74 Å². The third-order valence-corrected chi connectivity index (χ3v) is 2.23. The lowest BCUT2D eigenvalue weighted by Crippen LogP contribution is -1.80. The predicted octanol–water partition coefficient (Wildman–Crippen LogP) is 3.65. The van der Waals surface area contributed by atoms with Crippen molar-refractivity contribution in [2.24, 2.45) is 0 Å². The second kappa shape index (κ2) is 4.31. The maximum absolute atomic E-state index is 10.4. The number of aldehydes is 1.